The summed E-state index contributed by atoms with van der Waals surface area (Å²) >= 11 is 0. The molecule has 0 bridgehead atoms. The summed E-state index contributed by atoms with van der Waals surface area (Å²) in [5.74, 6) is -2.85. The highest BCUT2D eigenvalue weighted by atomic mass is 16.6. The second-order valence-corrected chi connectivity index (χ2v) is 9.08. The molecule has 4 rings (SSSR count). The summed E-state index contributed by atoms with van der Waals surface area (Å²) in [6.07, 6.45) is 1.84. The highest BCUT2D eigenvalue weighted by Gasteiger charge is 2.32. The van der Waals surface area contributed by atoms with Gasteiger partial charge >= 0.3 is 11.9 Å². The zero-order valence-electron chi connectivity index (χ0n) is 20.5. The van der Waals surface area contributed by atoms with Crippen LogP contribution in [-0.4, -0.2) is 72.4 Å². The first-order valence-electron chi connectivity index (χ1n) is 11.7. The van der Waals surface area contributed by atoms with E-state index < -0.39 is 28.6 Å². The van der Waals surface area contributed by atoms with Crippen LogP contribution in [0.25, 0.3) is 11.2 Å². The van der Waals surface area contributed by atoms with Gasteiger partial charge in [-0.05, 0) is 43.0 Å². The molecular formula is C23H27N9O6. The Morgan fingerprint density at radius 1 is 1.21 bits per heavy atom. The number of hydrogen-bond donors (Lipinski definition) is 5. The molecule has 15 heteroatoms. The number of carboxylic acids is 2. The highest BCUT2D eigenvalue weighted by molar-refractivity contribution is 5.97. The lowest BCUT2D eigenvalue weighted by molar-refractivity contribution is -0.883. The lowest BCUT2D eigenvalue weighted by Gasteiger charge is -2.45. The minimum Gasteiger partial charge on any atom is -0.606 e. The SMILES string of the molecule is C[N+]([O-])(Cc1cnc2nc(N)nc(N)c2n1)N1CCc2cc(C(=O)N[C@@H](CCCC(=O)O)C(=O)O)ccc21. The van der Waals surface area contributed by atoms with Gasteiger partial charge in [0.15, 0.2) is 17.0 Å². The quantitative estimate of drug-likeness (QED) is 0.179. The molecule has 38 heavy (non-hydrogen) atoms. The number of nitrogen functional groups attached to an aromatic ring is 2. The molecule has 1 amide bonds. The first-order valence-corrected chi connectivity index (χ1v) is 11.7. The molecule has 2 atom stereocenters. The Kier molecular flexibility index (Phi) is 7.23. The van der Waals surface area contributed by atoms with E-state index in [-0.39, 0.29) is 54.3 Å². The van der Waals surface area contributed by atoms with Gasteiger partial charge in [0.2, 0.25) is 5.95 Å². The molecule has 7 N–H and O–H groups in total. The summed E-state index contributed by atoms with van der Waals surface area (Å²) in [5.41, 5.74) is 14.0. The predicted molar refractivity (Wildman–Crippen MR) is 135 cm³/mol. The minimum absolute atomic E-state index is 0.0130. The van der Waals surface area contributed by atoms with Crippen molar-refractivity contribution in [2.45, 2.75) is 38.3 Å². The maximum absolute atomic E-state index is 13.6. The summed E-state index contributed by atoms with van der Waals surface area (Å²) in [5, 5.41) is 35.8. The Hall–Kier alpha value is -4.63. The van der Waals surface area contributed by atoms with Crippen molar-refractivity contribution in [1.82, 2.24) is 25.3 Å². The summed E-state index contributed by atoms with van der Waals surface area (Å²) in [6, 6.07) is 3.57. The second-order valence-electron chi connectivity index (χ2n) is 9.08. The van der Waals surface area contributed by atoms with E-state index in [1.807, 2.05) is 0 Å². The second kappa shape index (κ2) is 10.4. The molecule has 1 aromatic carbocycles. The van der Waals surface area contributed by atoms with Gasteiger partial charge in [0.05, 0.1) is 25.5 Å². The van der Waals surface area contributed by atoms with Crippen molar-refractivity contribution in [1.29, 1.82) is 0 Å². The van der Waals surface area contributed by atoms with Gasteiger partial charge in [-0.25, -0.2) is 19.8 Å². The van der Waals surface area contributed by atoms with Crippen molar-refractivity contribution in [3.05, 3.63) is 46.4 Å². The van der Waals surface area contributed by atoms with Crippen LogP contribution in [0.4, 0.5) is 17.5 Å². The van der Waals surface area contributed by atoms with Crippen LogP contribution in [0.15, 0.2) is 24.4 Å². The van der Waals surface area contributed by atoms with Crippen molar-refractivity contribution in [2.24, 2.45) is 0 Å². The Morgan fingerprint density at radius 2 is 1.97 bits per heavy atom. The van der Waals surface area contributed by atoms with Gasteiger partial charge in [-0.3, -0.25) is 14.3 Å². The number of hydroxylamine groups is 2. The monoisotopic (exact) mass is 525 g/mol. The fourth-order valence-corrected chi connectivity index (χ4v) is 4.37. The van der Waals surface area contributed by atoms with Crippen molar-refractivity contribution >= 4 is 46.5 Å². The van der Waals surface area contributed by atoms with Gasteiger partial charge in [-0.15, -0.1) is 0 Å². The van der Waals surface area contributed by atoms with E-state index in [0.717, 1.165) is 5.56 Å². The van der Waals surface area contributed by atoms with Gasteiger partial charge in [0, 0.05) is 12.0 Å². The lowest BCUT2D eigenvalue weighted by Crippen LogP contribution is -2.52. The van der Waals surface area contributed by atoms with E-state index >= 15 is 0 Å². The van der Waals surface area contributed by atoms with Gasteiger partial charge in [-0.1, -0.05) is 0 Å². The van der Waals surface area contributed by atoms with Crippen LogP contribution < -0.4 is 21.8 Å². The molecule has 15 nitrogen and oxygen atoms in total. The molecule has 1 aliphatic rings. The third-order valence-electron chi connectivity index (χ3n) is 6.17. The number of carbonyl (C=O) groups is 3. The number of aromatic nitrogens is 4. The van der Waals surface area contributed by atoms with Crippen molar-refractivity contribution in [3.8, 4) is 0 Å². The van der Waals surface area contributed by atoms with Crippen molar-refractivity contribution in [2.75, 3.05) is 30.1 Å². The number of quaternary nitrogens is 1. The number of nitrogens with zero attached hydrogens (tertiary/aromatic N) is 6. The maximum Gasteiger partial charge on any atom is 0.326 e. The molecule has 0 radical (unpaired) electrons. The number of nitrogens with one attached hydrogen (secondary N) is 1. The topological polar surface area (TPSA) is 234 Å². The number of carbonyl (C=O) groups excluding carboxylic acids is 1. The molecule has 1 unspecified atom stereocenters. The Bertz CT molecular complexity index is 1410. The normalized spacial score (nSPS) is 15.1. The largest absolute Gasteiger partial charge is 0.606 e. The molecule has 2 aromatic heterocycles. The molecule has 200 valence electrons. The van der Waals surface area contributed by atoms with Gasteiger partial charge in [0.25, 0.3) is 5.91 Å². The summed E-state index contributed by atoms with van der Waals surface area (Å²) in [7, 11) is 1.47. The Labute approximate surface area is 216 Å². The Balaban J connectivity index is 1.48. The van der Waals surface area contributed by atoms with Crippen molar-refractivity contribution < 1.29 is 29.4 Å². The average Bonchev–Trinajstić information content (AvgIpc) is 3.27. The zero-order chi connectivity index (χ0) is 27.6. The standard InChI is InChI=1S/C23H27N9O6/c1-32(38,11-14-10-26-20-18(27-14)19(24)29-23(25)30-20)31-8-7-12-9-13(5-6-16(12)31)21(35)28-15(22(36)37)3-2-4-17(33)34/h5-6,9-10,15H,2-4,7-8,11H2,1H3,(H,28,35)(H,33,34)(H,36,37)(H4,24,25,26,29,30)/t15-,32?/m0/s1. The molecule has 3 heterocycles. The molecule has 0 aliphatic carbocycles. The van der Waals surface area contributed by atoms with Crippen LogP contribution in [0.1, 0.15) is 40.9 Å². The number of rotatable bonds is 10. The molecule has 0 saturated carbocycles. The van der Waals surface area contributed by atoms with Crippen LogP contribution in [0.2, 0.25) is 0 Å². The first kappa shape index (κ1) is 26.4. The van der Waals surface area contributed by atoms with E-state index in [4.69, 9.17) is 16.6 Å². The number of nitrogens with two attached hydrogens (primary N) is 2. The number of aliphatic carboxylic acids is 2. The van der Waals surface area contributed by atoms with E-state index in [1.165, 1.54) is 19.3 Å². The number of benzene rings is 1. The maximum atomic E-state index is 13.6. The number of anilines is 3. The zero-order valence-corrected chi connectivity index (χ0v) is 20.5. The van der Waals surface area contributed by atoms with Crippen LogP contribution in [0.3, 0.4) is 0 Å². The van der Waals surface area contributed by atoms with Crippen LogP contribution in [-0.2, 0) is 22.6 Å². The molecule has 0 fully saturated rings. The fourth-order valence-electron chi connectivity index (χ4n) is 4.37. The highest BCUT2D eigenvalue weighted by Crippen LogP contribution is 2.33. The number of fused-ring (bicyclic) bond motifs is 2. The number of carboxylic acid groups (broad SMARTS) is 2. The molecule has 3 aromatic rings. The molecule has 0 saturated heterocycles. The van der Waals surface area contributed by atoms with Crippen molar-refractivity contribution in [3.63, 3.8) is 0 Å². The smallest absolute Gasteiger partial charge is 0.326 e. The van der Waals surface area contributed by atoms with Gasteiger partial charge < -0.3 is 32.2 Å². The predicted octanol–water partition coefficient (Wildman–Crippen LogP) is 0.444. The average molecular weight is 526 g/mol. The fraction of sp³-hybridized carbons (Fsp3) is 0.348. The summed E-state index contributed by atoms with van der Waals surface area (Å²) in [6.45, 7) is 0.321. The minimum atomic E-state index is -1.25. The summed E-state index contributed by atoms with van der Waals surface area (Å²) < 4.78 is -0.834. The van der Waals surface area contributed by atoms with E-state index in [9.17, 15) is 24.7 Å². The Morgan fingerprint density at radius 3 is 2.68 bits per heavy atom. The third kappa shape index (κ3) is 5.68. The number of hydrogen-bond acceptors (Lipinski definition) is 11. The lowest BCUT2D eigenvalue weighted by atomic mass is 10.1. The van der Waals surface area contributed by atoms with Gasteiger partial charge in [-0.2, -0.15) is 9.97 Å². The van der Waals surface area contributed by atoms with E-state index in [0.29, 0.717) is 24.3 Å². The number of amides is 1. The van der Waals surface area contributed by atoms with Crippen LogP contribution >= 0.6 is 0 Å². The van der Waals surface area contributed by atoms with Crippen LogP contribution in [0, 0.1) is 5.21 Å². The van der Waals surface area contributed by atoms with E-state index in [2.05, 4.69) is 25.3 Å². The van der Waals surface area contributed by atoms with Gasteiger partial charge in [0.1, 0.15) is 18.3 Å². The molecule has 0 spiro atoms. The third-order valence-corrected chi connectivity index (χ3v) is 6.17. The molecular weight excluding hydrogens is 498 g/mol. The van der Waals surface area contributed by atoms with E-state index in [1.54, 1.807) is 17.1 Å². The molecule has 1 aliphatic heterocycles. The first-order chi connectivity index (χ1) is 17.9. The van der Waals surface area contributed by atoms with Crippen LogP contribution in [0.5, 0.6) is 0 Å². The summed E-state index contributed by atoms with van der Waals surface area (Å²) in [4.78, 5) is 51.4.